The van der Waals surface area contributed by atoms with Gasteiger partial charge in [0, 0.05) is 55.4 Å². The maximum Gasteiger partial charge on any atom is 0.573 e. The molecule has 0 N–H and O–H groups in total. The molecule has 1 aliphatic heterocycles. The molecule has 1 fully saturated rings. The van der Waals surface area contributed by atoms with E-state index < -0.39 is 6.36 Å². The summed E-state index contributed by atoms with van der Waals surface area (Å²) in [7, 11) is 4.83. The van der Waals surface area contributed by atoms with E-state index in [4.69, 9.17) is 18.6 Å². The summed E-state index contributed by atoms with van der Waals surface area (Å²) in [4.78, 5) is 4.71. The minimum absolute atomic E-state index is 0.284. The lowest BCUT2D eigenvalue weighted by Crippen LogP contribution is -2.46. The third-order valence-electron chi connectivity index (χ3n) is 6.83. The van der Waals surface area contributed by atoms with E-state index >= 15 is 0 Å². The molecule has 0 unspecified atom stereocenters. The highest BCUT2D eigenvalue weighted by molar-refractivity contribution is 5.90. The van der Waals surface area contributed by atoms with Crippen LogP contribution in [-0.2, 0) is 6.54 Å². The van der Waals surface area contributed by atoms with E-state index in [9.17, 15) is 13.2 Å². The van der Waals surface area contributed by atoms with Crippen LogP contribution >= 0.6 is 0 Å². The molecule has 5 rings (SSSR count). The Morgan fingerprint density at radius 3 is 2.08 bits per heavy atom. The van der Waals surface area contributed by atoms with Crippen molar-refractivity contribution in [2.24, 2.45) is 0 Å². The van der Waals surface area contributed by atoms with Gasteiger partial charge in [0.05, 0.1) is 21.3 Å². The molecule has 10 heteroatoms. The van der Waals surface area contributed by atoms with E-state index in [2.05, 4.69) is 14.5 Å². The second-order valence-electron chi connectivity index (χ2n) is 9.16. The molecule has 0 amide bonds. The Hall–Kier alpha value is -4.05. The third kappa shape index (κ3) is 5.85. The molecule has 0 aliphatic carbocycles. The van der Waals surface area contributed by atoms with Gasteiger partial charge in [0.1, 0.15) is 11.5 Å². The lowest BCUT2D eigenvalue weighted by molar-refractivity contribution is -0.274. The molecule has 1 aliphatic rings. The van der Waals surface area contributed by atoms with Gasteiger partial charge in [-0.05, 0) is 54.1 Å². The quantitative estimate of drug-likeness (QED) is 0.257. The fourth-order valence-corrected chi connectivity index (χ4v) is 4.84. The molecule has 1 saturated heterocycles. The van der Waals surface area contributed by atoms with Gasteiger partial charge < -0.3 is 28.3 Å². The Morgan fingerprint density at radius 1 is 0.769 bits per heavy atom. The lowest BCUT2D eigenvalue weighted by atomic mass is 10.1. The first-order chi connectivity index (χ1) is 18.8. The molecular formula is C29H29F3N2O5. The normalized spacial score (nSPS) is 14.5. The molecule has 0 bridgehead atoms. The fourth-order valence-electron chi connectivity index (χ4n) is 4.84. The number of methoxy groups -OCH3 is 3. The van der Waals surface area contributed by atoms with Crippen LogP contribution in [0.5, 0.6) is 23.0 Å². The van der Waals surface area contributed by atoms with Crippen LogP contribution in [0.25, 0.3) is 22.3 Å². The van der Waals surface area contributed by atoms with E-state index in [1.165, 1.54) is 12.1 Å². The molecular weight excluding hydrogens is 513 g/mol. The highest BCUT2D eigenvalue weighted by atomic mass is 19.4. The first-order valence-corrected chi connectivity index (χ1v) is 12.4. The minimum Gasteiger partial charge on any atom is -0.493 e. The zero-order valence-corrected chi connectivity index (χ0v) is 21.9. The van der Waals surface area contributed by atoms with Gasteiger partial charge in [-0.1, -0.05) is 6.07 Å². The van der Waals surface area contributed by atoms with E-state index in [0.717, 1.165) is 49.4 Å². The van der Waals surface area contributed by atoms with Crippen LogP contribution in [0, 0.1) is 0 Å². The molecule has 0 radical (unpaired) electrons. The fraction of sp³-hybridized carbons (Fsp3) is 0.310. The predicted octanol–water partition coefficient (Wildman–Crippen LogP) is 6.35. The van der Waals surface area contributed by atoms with Crippen LogP contribution in [0.15, 0.2) is 65.1 Å². The van der Waals surface area contributed by atoms with Crippen molar-refractivity contribution in [3.63, 3.8) is 0 Å². The number of halogens is 3. The number of ether oxygens (including phenoxy) is 4. The topological polar surface area (TPSA) is 56.5 Å². The maximum atomic E-state index is 12.5. The smallest absolute Gasteiger partial charge is 0.493 e. The zero-order chi connectivity index (χ0) is 27.6. The molecule has 206 valence electrons. The van der Waals surface area contributed by atoms with Crippen molar-refractivity contribution in [3.05, 3.63) is 66.2 Å². The number of furan rings is 1. The molecule has 4 aromatic rings. The Bertz CT molecular complexity index is 1430. The average molecular weight is 543 g/mol. The first-order valence-electron chi connectivity index (χ1n) is 12.4. The van der Waals surface area contributed by atoms with Crippen molar-refractivity contribution in [3.8, 4) is 34.3 Å². The molecule has 1 aromatic heterocycles. The van der Waals surface area contributed by atoms with Crippen molar-refractivity contribution in [2.45, 2.75) is 12.9 Å². The summed E-state index contributed by atoms with van der Waals surface area (Å²) in [5.74, 6) is 2.25. The highest BCUT2D eigenvalue weighted by Crippen LogP contribution is 2.37. The van der Waals surface area contributed by atoms with Crippen molar-refractivity contribution in [1.82, 2.24) is 4.90 Å². The van der Waals surface area contributed by atoms with Crippen molar-refractivity contribution in [1.29, 1.82) is 0 Å². The Balaban J connectivity index is 1.32. The summed E-state index contributed by atoms with van der Waals surface area (Å²) in [5, 5.41) is 0.905. The average Bonchev–Trinajstić information content (AvgIpc) is 3.39. The van der Waals surface area contributed by atoms with E-state index in [1.807, 2.05) is 36.4 Å². The number of nitrogens with zero attached hydrogens (tertiary/aromatic N) is 2. The van der Waals surface area contributed by atoms with Crippen LogP contribution in [-0.4, -0.2) is 58.8 Å². The first kappa shape index (κ1) is 26.6. The molecule has 3 aromatic carbocycles. The van der Waals surface area contributed by atoms with Gasteiger partial charge in [0.25, 0.3) is 0 Å². The molecule has 0 atom stereocenters. The predicted molar refractivity (Wildman–Crippen MR) is 142 cm³/mol. The molecule has 0 spiro atoms. The van der Waals surface area contributed by atoms with Gasteiger partial charge in [0.15, 0.2) is 22.8 Å². The van der Waals surface area contributed by atoms with Crippen molar-refractivity contribution in [2.75, 3.05) is 52.4 Å². The Labute approximate surface area is 224 Å². The van der Waals surface area contributed by atoms with E-state index in [1.54, 1.807) is 33.5 Å². The summed E-state index contributed by atoms with van der Waals surface area (Å²) in [6.45, 7) is 4.17. The van der Waals surface area contributed by atoms with Crippen LogP contribution in [0.3, 0.4) is 0 Å². The summed E-state index contributed by atoms with van der Waals surface area (Å²) in [6.07, 6.45) is -4.74. The summed E-state index contributed by atoms with van der Waals surface area (Å²) in [5.41, 5.74) is 3.41. The number of hydrogen-bond donors (Lipinski definition) is 0. The number of fused-ring (bicyclic) bond motifs is 1. The monoisotopic (exact) mass is 542 g/mol. The van der Waals surface area contributed by atoms with Crippen LogP contribution < -0.4 is 23.8 Å². The number of alkyl halides is 3. The van der Waals surface area contributed by atoms with Crippen LogP contribution in [0.4, 0.5) is 18.9 Å². The largest absolute Gasteiger partial charge is 0.573 e. The van der Waals surface area contributed by atoms with Gasteiger partial charge in [0.2, 0.25) is 0 Å². The second kappa shape index (κ2) is 11.0. The van der Waals surface area contributed by atoms with Gasteiger partial charge in [-0.25, -0.2) is 0 Å². The zero-order valence-electron chi connectivity index (χ0n) is 21.9. The molecule has 39 heavy (non-hydrogen) atoms. The molecule has 0 saturated carbocycles. The van der Waals surface area contributed by atoms with Gasteiger partial charge in [-0.3, -0.25) is 4.90 Å². The number of anilines is 1. The van der Waals surface area contributed by atoms with Gasteiger partial charge in [-0.15, -0.1) is 13.2 Å². The van der Waals surface area contributed by atoms with Crippen LogP contribution in [0.2, 0.25) is 0 Å². The third-order valence-corrected chi connectivity index (χ3v) is 6.83. The Kier molecular flexibility index (Phi) is 7.47. The SMILES string of the molecule is COc1ccc(N2CCN(Cc3ccc(OC)c4oc(-c5ccc(OC(F)(F)F)cc5)cc34)CC2)cc1OC. The number of rotatable bonds is 8. The number of piperazine rings is 1. The summed E-state index contributed by atoms with van der Waals surface area (Å²) < 4.78 is 64.0. The van der Waals surface area contributed by atoms with Crippen molar-refractivity contribution < 1.29 is 36.5 Å². The number of hydrogen-bond acceptors (Lipinski definition) is 7. The maximum absolute atomic E-state index is 12.5. The van der Waals surface area contributed by atoms with Crippen molar-refractivity contribution >= 4 is 16.7 Å². The van der Waals surface area contributed by atoms with E-state index in [0.29, 0.717) is 34.2 Å². The standard InChI is InChI=1S/C29H29F3N2O5/c1-35-24-11-7-21(16-27(24)37-3)34-14-12-33(13-15-34)18-20-6-10-25(36-2)28-23(20)17-26(38-28)19-4-8-22(9-5-19)39-29(30,31)32/h4-11,16-17H,12-15,18H2,1-3H3. The second-order valence-corrected chi connectivity index (χ2v) is 9.16. The van der Waals surface area contributed by atoms with Crippen LogP contribution in [0.1, 0.15) is 5.56 Å². The van der Waals surface area contributed by atoms with Gasteiger partial charge in [-0.2, -0.15) is 0 Å². The van der Waals surface area contributed by atoms with E-state index in [-0.39, 0.29) is 5.75 Å². The molecule has 2 heterocycles. The minimum atomic E-state index is -4.74. The summed E-state index contributed by atoms with van der Waals surface area (Å²) >= 11 is 0. The summed E-state index contributed by atoms with van der Waals surface area (Å²) in [6, 6.07) is 17.4. The molecule has 7 nitrogen and oxygen atoms in total. The highest BCUT2D eigenvalue weighted by Gasteiger charge is 2.31. The Morgan fingerprint density at radius 2 is 1.44 bits per heavy atom. The van der Waals surface area contributed by atoms with Gasteiger partial charge >= 0.3 is 6.36 Å². The lowest BCUT2D eigenvalue weighted by Gasteiger charge is -2.36. The number of benzene rings is 3.